The van der Waals surface area contributed by atoms with Gasteiger partial charge in [0.2, 0.25) is 0 Å². The average molecular weight is 128 g/mol. The molecule has 3 N–H and O–H groups in total. The van der Waals surface area contributed by atoms with Crippen molar-refractivity contribution in [3.63, 3.8) is 0 Å². The van der Waals surface area contributed by atoms with E-state index in [1.165, 1.54) is 0 Å². The van der Waals surface area contributed by atoms with E-state index in [1.807, 2.05) is 0 Å². The van der Waals surface area contributed by atoms with Crippen LogP contribution in [0, 0.1) is 0 Å². The summed E-state index contributed by atoms with van der Waals surface area (Å²) in [5.74, 6) is 0. The summed E-state index contributed by atoms with van der Waals surface area (Å²) in [6.45, 7) is 0. The van der Waals surface area contributed by atoms with Gasteiger partial charge in [-0.3, -0.25) is 0 Å². The third kappa shape index (κ3) is 2.47. The van der Waals surface area contributed by atoms with Crippen LogP contribution in [0.25, 0.3) is 0 Å². The summed E-state index contributed by atoms with van der Waals surface area (Å²) in [5, 5.41) is 7.88. The average Bonchev–Trinajstić information content (AvgIpc) is 1.86. The highest BCUT2D eigenvalue weighted by molar-refractivity contribution is 7.74. The van der Waals surface area contributed by atoms with Gasteiger partial charge in [0.1, 0.15) is 0 Å². The normalized spacial score (nSPS) is 15.0. The zero-order chi connectivity index (χ0) is 7.49. The Hall–Kier alpha value is -0.220. The van der Waals surface area contributed by atoms with Crippen LogP contribution >= 0.6 is 7.94 Å². The summed E-state index contributed by atoms with van der Waals surface area (Å²) in [6, 6.07) is 0. The highest BCUT2D eigenvalue weighted by Gasteiger charge is 2.30. The molecule has 0 fully saturated rings. The Kier molecular flexibility index (Phi) is 0.916. The molecule has 0 aliphatic carbocycles. The Balaban J connectivity index is 4.09. The maximum Gasteiger partial charge on any atom is 0.504 e. The van der Waals surface area contributed by atoms with E-state index >= 15 is 0 Å². The Bertz CT molecular complexity index is 112. The maximum atomic E-state index is 10.2. The molecule has 0 amide bonds. The number of hydrogen-bond donors (Lipinski definition) is 3. The van der Waals surface area contributed by atoms with Crippen molar-refractivity contribution in [1.82, 2.24) is 0 Å². The topological polar surface area (TPSA) is 101 Å². The summed E-state index contributed by atoms with van der Waals surface area (Å²) in [6.07, 6.45) is 0. The van der Waals surface area contributed by atoms with Crippen molar-refractivity contribution in [2.75, 3.05) is 0 Å². The van der Waals surface area contributed by atoms with E-state index in [0.717, 1.165) is 0 Å². The number of carbonyl (C=O) groups is 1. The molecule has 0 saturated carbocycles. The molecule has 0 bridgehead atoms. The van der Waals surface area contributed by atoms with E-state index < -0.39 is 13.7 Å². The number of rotatable bonds is 3. The lowest BCUT2D eigenvalue weighted by molar-refractivity contribution is -0.204. The fourth-order valence-electron chi connectivity index (χ4n) is 0. The fraction of sp³-hybridized carbons (Fsp3) is 0. The highest BCUT2D eigenvalue weighted by Crippen LogP contribution is 2.39. The van der Waals surface area contributed by atoms with E-state index in [9.17, 15) is 9.69 Å². The Morgan fingerprint density at radius 2 is 2.29 bits per heavy atom. The molecule has 0 saturated heterocycles. The molecular weight excluding hydrogens is 123 g/mol. The van der Waals surface area contributed by atoms with Crippen LogP contribution in [0.15, 0.2) is 0 Å². The van der Waals surface area contributed by atoms with E-state index in [0.29, 0.717) is 0 Å². The maximum absolute atomic E-state index is 10.2. The van der Waals surface area contributed by atoms with Crippen LogP contribution in [-0.2, 0) is 0 Å². The smallest absolute Gasteiger partial charge is 0.504 e. The molecule has 0 spiro atoms. The highest BCUT2D eigenvalue weighted by atomic mass is 31.2. The minimum absolute atomic E-state index is 1.95. The summed E-state index contributed by atoms with van der Waals surface area (Å²) in [5.41, 5.74) is -1.95. The van der Waals surface area contributed by atoms with Crippen LogP contribution in [0.2, 0.25) is 0 Å². The van der Waals surface area contributed by atoms with Gasteiger partial charge in [-0.05, 0) is 0 Å². The molecule has 6 heteroatoms. The van der Waals surface area contributed by atoms with Crippen LogP contribution in [0.1, 0.15) is 0 Å². The molecule has 0 rings (SSSR count). The molecule has 0 unspecified atom stereocenters. The molecule has 0 aromatic rings. The molecule has 5 nitrogen and oxygen atoms in total. The van der Waals surface area contributed by atoms with E-state index in [-0.39, 0.29) is 0 Å². The monoisotopic (exact) mass is 128 g/mol. The van der Waals surface area contributed by atoms with Crippen molar-refractivity contribution >= 4 is 13.7 Å². The van der Waals surface area contributed by atoms with Crippen LogP contribution in [0.5, 0.6) is 0 Å². The van der Waals surface area contributed by atoms with E-state index in [2.05, 4.69) is 9.79 Å². The van der Waals surface area contributed by atoms with Crippen molar-refractivity contribution in [3.8, 4) is 0 Å². The van der Waals surface area contributed by atoms with Crippen molar-refractivity contribution in [1.29, 1.82) is 2.86 Å². The first-order valence-electron chi connectivity index (χ1n) is 2.02. The standard InChI is InChI=1S/CH3O5P/c2-1(3)7(4,5)6/h(H,2,3)(H2,4,5,6)/i/hD2. The molecular formula is CH3O5P. The van der Waals surface area contributed by atoms with Gasteiger partial charge < -0.3 is 10.00 Å². The lowest BCUT2D eigenvalue weighted by Gasteiger charge is -2.05. The van der Waals surface area contributed by atoms with Gasteiger partial charge in [0.05, 0.1) is 0 Å². The largest absolute Gasteiger partial charge is 0.622 e. The summed E-state index contributed by atoms with van der Waals surface area (Å²) in [7, 11) is -4.50. The lowest BCUT2D eigenvalue weighted by atomic mass is 11.6. The van der Waals surface area contributed by atoms with Crippen LogP contribution < -0.4 is 4.89 Å². The molecule has 0 atom stereocenters. The molecule has 7 heavy (non-hydrogen) atoms. The minimum Gasteiger partial charge on any atom is -0.622 e. The first-order valence-corrected chi connectivity index (χ1v) is 2.74. The molecule has 42 valence electrons. The van der Waals surface area contributed by atoms with Crippen LogP contribution in [0.4, 0.5) is 4.79 Å². The fourth-order valence-corrected chi connectivity index (χ4v) is 0. The Morgan fingerprint density at radius 3 is 2.29 bits per heavy atom. The van der Waals surface area contributed by atoms with E-state index in [4.69, 9.17) is 7.97 Å². The molecule has 0 aromatic heterocycles. The van der Waals surface area contributed by atoms with E-state index in [1.54, 1.807) is 0 Å². The first-order chi connectivity index (χ1) is 4.06. The summed E-state index contributed by atoms with van der Waals surface area (Å²) < 4.78 is 11.8. The number of hydrogen-bond acceptors (Lipinski definition) is 4. The second-order valence-corrected chi connectivity index (χ2v) is 2.16. The lowest BCUT2D eigenvalue weighted by Crippen LogP contribution is -2.14. The molecule has 0 aliphatic rings. The summed E-state index contributed by atoms with van der Waals surface area (Å²) in [4.78, 5) is 26.3. The predicted octanol–water partition coefficient (Wildman–Crippen LogP) is -1.23. The molecule has 0 heterocycles. The minimum atomic E-state index is -4.50. The second-order valence-electron chi connectivity index (χ2n) is 0.780. The van der Waals surface area contributed by atoms with Gasteiger partial charge in [-0.25, -0.2) is 14.6 Å². The zero-order valence-corrected chi connectivity index (χ0v) is 3.92. The van der Waals surface area contributed by atoms with Gasteiger partial charge >= 0.3 is 13.7 Å². The van der Waals surface area contributed by atoms with Crippen LogP contribution in [-0.4, -0.2) is 23.5 Å². The van der Waals surface area contributed by atoms with Gasteiger partial charge in [-0.15, -0.1) is 0 Å². The van der Waals surface area contributed by atoms with Crippen molar-refractivity contribution in [2.45, 2.75) is 0 Å². The van der Waals surface area contributed by atoms with Crippen molar-refractivity contribution in [3.05, 3.63) is 0 Å². The Morgan fingerprint density at radius 1 is 1.86 bits per heavy atom. The van der Waals surface area contributed by atoms with Crippen LogP contribution in [0.3, 0.4) is 0 Å². The predicted molar refractivity (Wildman–Crippen MR) is 19.4 cm³/mol. The first kappa shape index (κ1) is 3.74. The quantitative estimate of drug-likeness (QED) is 0.413. The van der Waals surface area contributed by atoms with Gasteiger partial charge in [0.25, 0.3) is 2.86 Å². The number of carboxylic acid groups (broad SMARTS) is 1. The van der Waals surface area contributed by atoms with Crippen molar-refractivity contribution < 1.29 is 24.6 Å². The molecule has 0 radical (unpaired) electrons. The van der Waals surface area contributed by atoms with Crippen molar-refractivity contribution in [2.24, 2.45) is 0 Å². The summed E-state index contributed by atoms with van der Waals surface area (Å²) >= 11 is 0. The SMILES string of the molecule is [2H]O[P+]([O-])(O[2H])C(=O)O. The molecule has 0 aromatic carbocycles. The Labute approximate surface area is 42.4 Å². The second kappa shape index (κ2) is 1.71. The third-order valence-electron chi connectivity index (χ3n) is 0.234. The molecule has 0 aliphatic heterocycles. The van der Waals surface area contributed by atoms with Gasteiger partial charge in [0.15, 0.2) is 0 Å². The van der Waals surface area contributed by atoms with Gasteiger partial charge in [-0.1, -0.05) is 0 Å². The third-order valence-corrected chi connectivity index (χ3v) is 0.703. The van der Waals surface area contributed by atoms with Gasteiger partial charge in [0, 0.05) is 0 Å². The van der Waals surface area contributed by atoms with Gasteiger partial charge in [-0.2, -0.15) is 0 Å². The zero-order valence-electron chi connectivity index (χ0n) is 5.03.